The van der Waals surface area contributed by atoms with Crippen molar-refractivity contribution in [1.29, 1.82) is 0 Å². The van der Waals surface area contributed by atoms with Gasteiger partial charge in [-0.05, 0) is 66.2 Å². The van der Waals surface area contributed by atoms with E-state index in [0.717, 1.165) is 10.5 Å². The van der Waals surface area contributed by atoms with Crippen molar-refractivity contribution in [2.75, 3.05) is 12.4 Å². The number of aromatic nitrogens is 2. The summed E-state index contributed by atoms with van der Waals surface area (Å²) in [5.74, 6) is 1.04. The van der Waals surface area contributed by atoms with Gasteiger partial charge in [-0.2, -0.15) is 0 Å². The Morgan fingerprint density at radius 3 is 2.24 bits per heavy atom. The van der Waals surface area contributed by atoms with Crippen LogP contribution in [0.1, 0.15) is 16.1 Å². The summed E-state index contributed by atoms with van der Waals surface area (Å²) in [6.45, 7) is 0. The molecule has 0 unspecified atom stereocenters. The van der Waals surface area contributed by atoms with Crippen LogP contribution in [-0.4, -0.2) is 23.0 Å². The highest BCUT2D eigenvalue weighted by Crippen LogP contribution is 2.32. The van der Waals surface area contributed by atoms with E-state index in [1.165, 1.54) is 23.5 Å². The fraction of sp³-hybridized carbons (Fsp3) is 0.0800. The van der Waals surface area contributed by atoms with Crippen LogP contribution in [0.15, 0.2) is 93.9 Å². The Bertz CT molecular complexity index is 1270. The maximum atomic E-state index is 13.2. The summed E-state index contributed by atoms with van der Waals surface area (Å²) in [5.41, 5.74) is 2.02. The quantitative estimate of drug-likeness (QED) is 0.189. The minimum Gasteiger partial charge on any atom is -0.497 e. The molecule has 1 amide bonds. The monoisotopic (exact) mass is 527 g/mol. The van der Waals surface area contributed by atoms with Crippen molar-refractivity contribution in [2.45, 2.75) is 20.7 Å². The van der Waals surface area contributed by atoms with Crippen LogP contribution in [0.25, 0.3) is 0 Å². The number of anilines is 1. The highest BCUT2D eigenvalue weighted by Gasteiger charge is 2.17. The summed E-state index contributed by atoms with van der Waals surface area (Å²) in [6.07, 6.45) is 1.68. The van der Waals surface area contributed by atoms with Crippen LogP contribution in [-0.2, 0) is 5.75 Å². The number of thioether (sulfide) groups is 1. The second-order valence-electron chi connectivity index (χ2n) is 7.02. The summed E-state index contributed by atoms with van der Waals surface area (Å²) in [4.78, 5) is 23.8. The van der Waals surface area contributed by atoms with Crippen molar-refractivity contribution in [3.63, 3.8) is 0 Å². The predicted molar refractivity (Wildman–Crippen MR) is 140 cm³/mol. The lowest BCUT2D eigenvalue weighted by molar-refractivity contribution is 0.101. The first kappa shape index (κ1) is 24.4. The Hall–Kier alpha value is -2.71. The number of carbonyl (C=O) groups excluding carboxylic acids is 1. The molecule has 0 aliphatic carbocycles. The molecule has 4 rings (SSSR count). The first-order valence-electron chi connectivity index (χ1n) is 10.1. The molecule has 3 aromatic carbocycles. The van der Waals surface area contributed by atoms with E-state index in [9.17, 15) is 4.79 Å². The molecular weight excluding hydrogens is 509 g/mol. The number of methoxy groups -OCH3 is 1. The smallest absolute Gasteiger partial charge is 0.275 e. The Labute approximate surface area is 216 Å². The molecule has 0 bridgehead atoms. The van der Waals surface area contributed by atoms with E-state index >= 15 is 0 Å². The van der Waals surface area contributed by atoms with Crippen LogP contribution in [0, 0.1) is 0 Å². The zero-order valence-corrected chi connectivity index (χ0v) is 21.1. The highest BCUT2D eigenvalue weighted by molar-refractivity contribution is 7.99. The van der Waals surface area contributed by atoms with Crippen molar-refractivity contribution < 1.29 is 9.53 Å². The van der Waals surface area contributed by atoms with E-state index in [-0.39, 0.29) is 5.91 Å². The van der Waals surface area contributed by atoms with Gasteiger partial charge >= 0.3 is 0 Å². The van der Waals surface area contributed by atoms with Crippen LogP contribution in [0.2, 0.25) is 10.0 Å². The predicted octanol–water partition coefficient (Wildman–Crippen LogP) is 7.49. The minimum atomic E-state index is -0.322. The topological polar surface area (TPSA) is 64.1 Å². The van der Waals surface area contributed by atoms with Crippen LogP contribution in [0.4, 0.5) is 5.69 Å². The summed E-state index contributed by atoms with van der Waals surface area (Å²) in [7, 11) is 1.60. The molecular formula is C25H19Cl2N3O2S2. The van der Waals surface area contributed by atoms with Gasteiger partial charge in [0.05, 0.1) is 12.0 Å². The van der Waals surface area contributed by atoms with E-state index in [1.807, 2.05) is 36.4 Å². The molecule has 0 fully saturated rings. The van der Waals surface area contributed by atoms with E-state index < -0.39 is 0 Å². The van der Waals surface area contributed by atoms with E-state index in [4.69, 9.17) is 27.9 Å². The van der Waals surface area contributed by atoms with Gasteiger partial charge in [0.2, 0.25) is 0 Å². The molecule has 0 saturated carbocycles. The zero-order valence-electron chi connectivity index (χ0n) is 18.0. The fourth-order valence-corrected chi connectivity index (χ4v) is 4.77. The molecule has 0 saturated heterocycles. The molecule has 0 spiro atoms. The average Bonchev–Trinajstić information content (AvgIpc) is 2.86. The largest absolute Gasteiger partial charge is 0.497 e. The number of hydrogen-bond acceptors (Lipinski definition) is 6. The maximum absolute atomic E-state index is 13.2. The van der Waals surface area contributed by atoms with Gasteiger partial charge in [-0.15, -0.1) is 0 Å². The van der Waals surface area contributed by atoms with Gasteiger partial charge in [0.15, 0.2) is 5.16 Å². The third-order valence-corrected chi connectivity index (χ3v) is 7.08. The van der Waals surface area contributed by atoms with Crippen LogP contribution in [0.3, 0.4) is 0 Å². The number of nitrogens with one attached hydrogen (secondary N) is 1. The van der Waals surface area contributed by atoms with E-state index in [2.05, 4.69) is 15.3 Å². The van der Waals surface area contributed by atoms with Crippen molar-refractivity contribution in [1.82, 2.24) is 9.97 Å². The molecule has 5 nitrogen and oxygen atoms in total. The zero-order chi connectivity index (χ0) is 23.9. The third kappa shape index (κ3) is 6.67. The van der Waals surface area contributed by atoms with Crippen molar-refractivity contribution in [2.24, 2.45) is 0 Å². The number of benzene rings is 3. The number of ether oxygens (including phenoxy) is 1. The second-order valence-corrected chi connectivity index (χ2v) is 9.95. The molecule has 1 aromatic heterocycles. The first-order chi connectivity index (χ1) is 16.5. The van der Waals surface area contributed by atoms with Crippen molar-refractivity contribution in [3.8, 4) is 5.75 Å². The summed E-state index contributed by atoms with van der Waals surface area (Å²) >= 11 is 14.8. The van der Waals surface area contributed by atoms with E-state index in [1.54, 1.807) is 49.7 Å². The summed E-state index contributed by atoms with van der Waals surface area (Å²) in [6, 6.07) is 22.1. The molecule has 9 heteroatoms. The van der Waals surface area contributed by atoms with Gasteiger partial charge in [-0.1, -0.05) is 58.9 Å². The molecule has 172 valence electrons. The fourth-order valence-electron chi connectivity index (χ4n) is 2.88. The normalized spacial score (nSPS) is 10.7. The van der Waals surface area contributed by atoms with Gasteiger partial charge in [-0.3, -0.25) is 4.79 Å². The lowest BCUT2D eigenvalue weighted by Gasteiger charge is -2.11. The second kappa shape index (κ2) is 11.6. The Kier molecular flexibility index (Phi) is 8.34. The van der Waals surface area contributed by atoms with Crippen molar-refractivity contribution >= 4 is 58.3 Å². The van der Waals surface area contributed by atoms with Crippen LogP contribution >= 0.6 is 46.7 Å². The molecule has 1 heterocycles. The molecule has 0 aliphatic heterocycles. The Balaban J connectivity index is 1.58. The number of rotatable bonds is 8. The molecule has 34 heavy (non-hydrogen) atoms. The minimum absolute atomic E-state index is 0.296. The summed E-state index contributed by atoms with van der Waals surface area (Å²) in [5, 5.41) is 4.75. The molecule has 0 atom stereocenters. The molecule has 4 aromatic rings. The molecule has 0 radical (unpaired) electrons. The number of carbonyl (C=O) groups is 1. The highest BCUT2D eigenvalue weighted by atomic mass is 35.5. The number of amides is 1. The Morgan fingerprint density at radius 1 is 0.941 bits per heavy atom. The lowest BCUT2D eigenvalue weighted by atomic mass is 10.2. The van der Waals surface area contributed by atoms with Gasteiger partial charge in [0, 0.05) is 32.6 Å². The van der Waals surface area contributed by atoms with E-state index in [0.29, 0.717) is 43.0 Å². The summed E-state index contributed by atoms with van der Waals surface area (Å²) < 4.78 is 5.18. The number of halogens is 2. The standard InChI is InChI=1S/C25H19Cl2N3O2S2/c1-32-20-10-8-19(9-11-20)29-24(31)23-22(34-21-12-6-18(27)7-13-21)14-28-25(30-23)33-15-16-2-4-17(26)5-3-16/h2-14H,15H2,1H3,(H,29,31). The third-order valence-electron chi connectivity index (χ3n) is 4.62. The molecule has 0 aliphatic rings. The van der Waals surface area contributed by atoms with Crippen LogP contribution in [0.5, 0.6) is 5.75 Å². The van der Waals surface area contributed by atoms with Crippen molar-refractivity contribution in [3.05, 3.63) is 100 Å². The van der Waals surface area contributed by atoms with Gasteiger partial charge in [0.1, 0.15) is 11.4 Å². The van der Waals surface area contributed by atoms with Crippen LogP contribution < -0.4 is 10.1 Å². The SMILES string of the molecule is COc1ccc(NC(=O)c2nc(SCc3ccc(Cl)cc3)ncc2Sc2ccc(Cl)cc2)cc1. The average molecular weight is 528 g/mol. The van der Waals surface area contributed by atoms with Gasteiger partial charge in [-0.25, -0.2) is 9.97 Å². The molecule has 1 N–H and O–H groups in total. The Morgan fingerprint density at radius 2 is 1.59 bits per heavy atom. The number of hydrogen-bond donors (Lipinski definition) is 1. The maximum Gasteiger partial charge on any atom is 0.275 e. The first-order valence-corrected chi connectivity index (χ1v) is 12.7. The van der Waals surface area contributed by atoms with Gasteiger partial charge in [0.25, 0.3) is 5.91 Å². The lowest BCUT2D eigenvalue weighted by Crippen LogP contribution is -2.16. The number of nitrogens with zero attached hydrogens (tertiary/aromatic N) is 2. The van der Waals surface area contributed by atoms with Gasteiger partial charge < -0.3 is 10.1 Å².